The van der Waals surface area contributed by atoms with Gasteiger partial charge in [-0.3, -0.25) is 14.2 Å². The molecule has 2 heterocycles. The molecule has 0 fully saturated rings. The molecule has 0 saturated carbocycles. The number of thiophene rings is 1. The van der Waals surface area contributed by atoms with Gasteiger partial charge < -0.3 is 0 Å². The van der Waals surface area contributed by atoms with Gasteiger partial charge in [-0.05, 0) is 17.5 Å². The molecule has 0 spiro atoms. The molecule has 0 aliphatic carbocycles. The fourth-order valence-electron chi connectivity index (χ4n) is 2.86. The molecule has 0 aliphatic rings. The quantitative estimate of drug-likeness (QED) is 0.533. The Morgan fingerprint density at radius 1 is 0.913 bits per heavy atom. The molecule has 3 nitrogen and oxygen atoms in total. The minimum atomic E-state index is -0.107. The number of aromatic nitrogens is 1. The van der Waals surface area contributed by atoms with Crippen molar-refractivity contribution in [1.29, 1.82) is 0 Å². The number of fused-ring (bicyclic) bond motifs is 3. The largest absolute Gasteiger partial charge is 0.300 e. The molecule has 0 bridgehead atoms. The van der Waals surface area contributed by atoms with Gasteiger partial charge in [-0.25, -0.2) is 0 Å². The number of rotatable bonds is 3. The maximum atomic E-state index is 12.8. The van der Waals surface area contributed by atoms with Crippen LogP contribution in [-0.2, 0) is 6.54 Å². The molecule has 4 heteroatoms. The fraction of sp³-hybridized carbons (Fsp3) is 0.0526. The Bertz CT molecular complexity index is 1080. The van der Waals surface area contributed by atoms with Crippen molar-refractivity contribution in [2.75, 3.05) is 0 Å². The van der Waals surface area contributed by atoms with Crippen molar-refractivity contribution in [3.63, 3.8) is 0 Å². The lowest BCUT2D eigenvalue weighted by Crippen LogP contribution is -2.24. The maximum Gasteiger partial charge on any atom is 0.260 e. The Morgan fingerprint density at radius 3 is 2.48 bits per heavy atom. The normalized spacial score (nSPS) is 11.1. The molecule has 23 heavy (non-hydrogen) atoms. The molecule has 0 amide bonds. The second-order valence-electron chi connectivity index (χ2n) is 5.36. The van der Waals surface area contributed by atoms with Crippen LogP contribution < -0.4 is 5.56 Å². The Morgan fingerprint density at radius 2 is 1.65 bits per heavy atom. The molecular formula is C19H13NO2S. The molecular weight excluding hydrogens is 306 g/mol. The van der Waals surface area contributed by atoms with E-state index in [0.29, 0.717) is 10.9 Å². The Kier molecular flexibility index (Phi) is 3.32. The van der Waals surface area contributed by atoms with Crippen LogP contribution in [-0.4, -0.2) is 10.4 Å². The molecule has 0 saturated heterocycles. The lowest BCUT2D eigenvalue weighted by Gasteiger charge is -2.11. The number of benzene rings is 2. The van der Waals surface area contributed by atoms with Crippen LogP contribution in [0.25, 0.3) is 21.0 Å². The topological polar surface area (TPSA) is 39.1 Å². The van der Waals surface area contributed by atoms with Crippen LogP contribution in [0, 0.1) is 0 Å². The van der Waals surface area contributed by atoms with Crippen molar-refractivity contribution in [2.24, 2.45) is 0 Å². The van der Waals surface area contributed by atoms with Gasteiger partial charge in [-0.2, -0.15) is 0 Å². The van der Waals surface area contributed by atoms with Gasteiger partial charge in [-0.1, -0.05) is 48.5 Å². The van der Waals surface area contributed by atoms with E-state index in [-0.39, 0.29) is 17.9 Å². The van der Waals surface area contributed by atoms with Gasteiger partial charge in [0.2, 0.25) is 0 Å². The first kappa shape index (κ1) is 13.9. The number of nitrogens with zero attached hydrogens (tertiary/aromatic N) is 1. The summed E-state index contributed by atoms with van der Waals surface area (Å²) in [7, 11) is 0. The maximum absolute atomic E-state index is 12.8. The lowest BCUT2D eigenvalue weighted by molar-refractivity contribution is 0.0972. The third-order valence-corrected chi connectivity index (χ3v) is 4.93. The first-order valence-electron chi connectivity index (χ1n) is 7.33. The van der Waals surface area contributed by atoms with Crippen molar-refractivity contribution in [3.05, 3.63) is 82.0 Å². The summed E-state index contributed by atoms with van der Waals surface area (Å²) >= 11 is 1.56. The van der Waals surface area contributed by atoms with Gasteiger partial charge in [0.05, 0.1) is 17.4 Å². The van der Waals surface area contributed by atoms with Crippen molar-refractivity contribution in [3.8, 4) is 0 Å². The van der Waals surface area contributed by atoms with Crippen LogP contribution >= 0.6 is 11.3 Å². The number of carbonyl (C=O) groups is 1. The van der Waals surface area contributed by atoms with Gasteiger partial charge >= 0.3 is 0 Å². The molecule has 0 N–H and O–H groups in total. The highest BCUT2D eigenvalue weighted by Gasteiger charge is 2.14. The second kappa shape index (κ2) is 5.48. The highest BCUT2D eigenvalue weighted by Crippen LogP contribution is 2.27. The van der Waals surface area contributed by atoms with E-state index >= 15 is 0 Å². The van der Waals surface area contributed by atoms with Crippen LogP contribution in [0.5, 0.6) is 0 Å². The number of pyridine rings is 1. The zero-order valence-electron chi connectivity index (χ0n) is 12.2. The highest BCUT2D eigenvalue weighted by atomic mass is 32.1. The molecule has 0 unspecified atom stereocenters. The Labute approximate surface area is 136 Å². The van der Waals surface area contributed by atoms with Gasteiger partial charge in [0.1, 0.15) is 0 Å². The summed E-state index contributed by atoms with van der Waals surface area (Å²) in [5, 5.41) is 3.61. The molecule has 4 aromatic rings. The SMILES string of the molecule is O=C(Cn1c(=O)c2ccsc2c2ccccc21)c1ccccc1. The van der Waals surface area contributed by atoms with Crippen molar-refractivity contribution < 1.29 is 4.79 Å². The van der Waals surface area contributed by atoms with Crippen molar-refractivity contribution in [1.82, 2.24) is 4.57 Å². The minimum Gasteiger partial charge on any atom is -0.300 e. The zero-order valence-corrected chi connectivity index (χ0v) is 13.0. The number of Topliss-reactive ketones (excluding diaryl/α,β-unsaturated/α-hetero) is 1. The average molecular weight is 319 g/mol. The van der Waals surface area contributed by atoms with Crippen LogP contribution in [0.4, 0.5) is 0 Å². The number of hydrogen-bond acceptors (Lipinski definition) is 3. The van der Waals surface area contributed by atoms with E-state index in [0.717, 1.165) is 15.6 Å². The van der Waals surface area contributed by atoms with E-state index < -0.39 is 0 Å². The standard InChI is InChI=1S/C19H13NO2S/c21-17(13-6-2-1-3-7-13)12-20-16-9-5-4-8-14(16)18-15(19(20)22)10-11-23-18/h1-11H,12H2. The summed E-state index contributed by atoms with van der Waals surface area (Å²) in [5.41, 5.74) is 1.31. The van der Waals surface area contributed by atoms with Gasteiger partial charge in [0.15, 0.2) is 5.78 Å². The molecule has 4 rings (SSSR count). The predicted octanol–water partition coefficient (Wildman–Crippen LogP) is 4.10. The molecule has 0 radical (unpaired) electrons. The summed E-state index contributed by atoms with van der Waals surface area (Å²) in [6, 6.07) is 18.7. The lowest BCUT2D eigenvalue weighted by atomic mass is 10.1. The first-order chi connectivity index (χ1) is 11.3. The summed E-state index contributed by atoms with van der Waals surface area (Å²) < 4.78 is 2.56. The zero-order chi connectivity index (χ0) is 15.8. The van der Waals surface area contributed by atoms with E-state index in [1.54, 1.807) is 28.0 Å². The third kappa shape index (κ3) is 2.28. The molecule has 0 aliphatic heterocycles. The van der Waals surface area contributed by atoms with E-state index in [2.05, 4.69) is 0 Å². The van der Waals surface area contributed by atoms with Crippen LogP contribution in [0.3, 0.4) is 0 Å². The van der Waals surface area contributed by atoms with E-state index in [9.17, 15) is 9.59 Å². The van der Waals surface area contributed by atoms with Gasteiger partial charge in [0, 0.05) is 15.6 Å². The summed E-state index contributed by atoms with van der Waals surface area (Å²) in [6.07, 6.45) is 0. The first-order valence-corrected chi connectivity index (χ1v) is 8.20. The third-order valence-electron chi connectivity index (χ3n) is 3.98. The minimum absolute atomic E-state index is 0.0507. The number of para-hydroxylation sites is 1. The molecule has 0 atom stereocenters. The van der Waals surface area contributed by atoms with Crippen LogP contribution in [0.2, 0.25) is 0 Å². The van der Waals surface area contributed by atoms with Gasteiger partial charge in [-0.15, -0.1) is 11.3 Å². The van der Waals surface area contributed by atoms with Crippen LogP contribution in [0.1, 0.15) is 10.4 Å². The smallest absolute Gasteiger partial charge is 0.260 e. The Balaban J connectivity index is 1.93. The summed E-state index contributed by atoms with van der Waals surface area (Å²) in [6.45, 7) is 0.0507. The summed E-state index contributed by atoms with van der Waals surface area (Å²) in [4.78, 5) is 25.3. The van der Waals surface area contributed by atoms with E-state index in [1.807, 2.05) is 53.9 Å². The number of carbonyl (C=O) groups excluding carboxylic acids is 1. The average Bonchev–Trinajstić information content (AvgIpc) is 3.09. The van der Waals surface area contributed by atoms with E-state index in [4.69, 9.17) is 0 Å². The predicted molar refractivity (Wildman–Crippen MR) is 94.4 cm³/mol. The fourth-order valence-corrected chi connectivity index (χ4v) is 3.78. The van der Waals surface area contributed by atoms with Crippen molar-refractivity contribution >= 4 is 38.1 Å². The highest BCUT2D eigenvalue weighted by molar-refractivity contribution is 7.18. The second-order valence-corrected chi connectivity index (χ2v) is 6.28. The monoisotopic (exact) mass is 319 g/mol. The number of ketones is 1. The van der Waals surface area contributed by atoms with Crippen molar-refractivity contribution in [2.45, 2.75) is 6.54 Å². The summed E-state index contributed by atoms with van der Waals surface area (Å²) in [5.74, 6) is -0.0626. The van der Waals surface area contributed by atoms with Crippen LogP contribution in [0.15, 0.2) is 70.8 Å². The molecule has 112 valence electrons. The van der Waals surface area contributed by atoms with Gasteiger partial charge in [0.25, 0.3) is 5.56 Å². The molecule has 2 aromatic heterocycles. The number of hydrogen-bond donors (Lipinski definition) is 0. The molecule has 2 aromatic carbocycles. The van der Waals surface area contributed by atoms with E-state index in [1.165, 1.54) is 0 Å². The Hall–Kier alpha value is -2.72.